The van der Waals surface area contributed by atoms with Crippen LogP contribution in [-0.4, -0.2) is 23.0 Å². The summed E-state index contributed by atoms with van der Waals surface area (Å²) in [6.45, 7) is 1.50. The van der Waals surface area contributed by atoms with Gasteiger partial charge in [-0.3, -0.25) is 9.59 Å². The molecule has 0 aromatic rings. The molecule has 1 amide bonds. The second kappa shape index (κ2) is 1.72. The maximum atomic E-state index is 10.3. The third kappa shape index (κ3) is 1.01. The first-order valence-corrected chi connectivity index (χ1v) is 2.66. The van der Waals surface area contributed by atoms with Crippen LogP contribution in [0.3, 0.4) is 0 Å². The van der Waals surface area contributed by atoms with Crippen LogP contribution in [0.2, 0.25) is 0 Å². The smallest absolute Gasteiger partial charge is 0.308 e. The van der Waals surface area contributed by atoms with Crippen molar-refractivity contribution >= 4 is 11.9 Å². The zero-order chi connectivity index (χ0) is 7.02. The summed E-state index contributed by atoms with van der Waals surface area (Å²) in [7, 11) is 0. The largest absolute Gasteiger partial charge is 0.481 e. The van der Waals surface area contributed by atoms with Gasteiger partial charge in [0.2, 0.25) is 5.91 Å². The van der Waals surface area contributed by atoms with Crippen molar-refractivity contribution in [1.82, 2.24) is 5.32 Å². The Morgan fingerprint density at radius 2 is 2.33 bits per heavy atom. The normalized spacial score (nSPS) is 26.8. The molecule has 0 radical (unpaired) electrons. The van der Waals surface area contributed by atoms with E-state index in [0.717, 1.165) is 0 Å². The SMILES string of the molecule is CC(C(=O)O)C1NC1=O. The van der Waals surface area contributed by atoms with Crippen LogP contribution < -0.4 is 5.32 Å². The van der Waals surface area contributed by atoms with Crippen LogP contribution in [0.4, 0.5) is 0 Å². The molecule has 0 saturated carbocycles. The maximum absolute atomic E-state index is 10.3. The monoisotopic (exact) mass is 129 g/mol. The Hall–Kier alpha value is -1.06. The summed E-state index contributed by atoms with van der Waals surface area (Å²) in [6, 6.07) is -0.428. The van der Waals surface area contributed by atoms with E-state index in [1.165, 1.54) is 6.92 Å². The lowest BCUT2D eigenvalue weighted by atomic mass is 10.1. The van der Waals surface area contributed by atoms with E-state index in [1.807, 2.05) is 0 Å². The third-order valence-electron chi connectivity index (χ3n) is 1.39. The maximum Gasteiger partial charge on any atom is 0.308 e. The first kappa shape index (κ1) is 6.07. The van der Waals surface area contributed by atoms with E-state index in [-0.39, 0.29) is 5.91 Å². The third-order valence-corrected chi connectivity index (χ3v) is 1.39. The average Bonchev–Trinajstić information content (AvgIpc) is 2.44. The summed E-state index contributed by atoms with van der Waals surface area (Å²) in [5.41, 5.74) is 0. The highest BCUT2D eigenvalue weighted by Crippen LogP contribution is 2.12. The van der Waals surface area contributed by atoms with Crippen LogP contribution in [0.15, 0.2) is 0 Å². The summed E-state index contributed by atoms with van der Waals surface area (Å²) in [6.07, 6.45) is 0. The Morgan fingerprint density at radius 1 is 1.89 bits per heavy atom. The lowest BCUT2D eigenvalue weighted by Gasteiger charge is -1.96. The molecule has 1 heterocycles. The Kier molecular flexibility index (Phi) is 1.16. The molecule has 0 aromatic carbocycles. The highest BCUT2D eigenvalue weighted by atomic mass is 16.4. The van der Waals surface area contributed by atoms with Crippen molar-refractivity contribution < 1.29 is 14.7 Å². The first-order valence-electron chi connectivity index (χ1n) is 2.66. The van der Waals surface area contributed by atoms with E-state index >= 15 is 0 Å². The summed E-state index contributed by atoms with van der Waals surface area (Å²) in [5.74, 6) is -1.68. The lowest BCUT2D eigenvalue weighted by molar-refractivity contribution is -0.141. The molecule has 0 aliphatic carbocycles. The molecule has 2 atom stereocenters. The Morgan fingerprint density at radius 3 is 2.44 bits per heavy atom. The summed E-state index contributed by atoms with van der Waals surface area (Å²) >= 11 is 0. The van der Waals surface area contributed by atoms with Crippen molar-refractivity contribution in [3.05, 3.63) is 0 Å². The van der Waals surface area contributed by atoms with Gasteiger partial charge in [0, 0.05) is 0 Å². The molecule has 4 heteroatoms. The highest BCUT2D eigenvalue weighted by molar-refractivity contribution is 6.00. The van der Waals surface area contributed by atoms with Gasteiger partial charge in [0.05, 0.1) is 5.92 Å². The highest BCUT2D eigenvalue weighted by Gasteiger charge is 2.41. The molecule has 2 N–H and O–H groups in total. The standard InChI is InChI=1S/C5H7NO3/c1-2(5(8)9)3-4(7)6-3/h2-3H,1H3,(H,6,7)(H,8,9). The predicted molar refractivity (Wildman–Crippen MR) is 28.7 cm³/mol. The molecule has 1 aliphatic heterocycles. The van der Waals surface area contributed by atoms with Gasteiger partial charge >= 0.3 is 5.97 Å². The molecule has 9 heavy (non-hydrogen) atoms. The van der Waals surface area contributed by atoms with Gasteiger partial charge in [-0.2, -0.15) is 0 Å². The van der Waals surface area contributed by atoms with Crippen LogP contribution in [0.25, 0.3) is 0 Å². The zero-order valence-electron chi connectivity index (χ0n) is 4.92. The average molecular weight is 129 g/mol. The molecule has 50 valence electrons. The van der Waals surface area contributed by atoms with E-state index in [2.05, 4.69) is 5.32 Å². The quantitative estimate of drug-likeness (QED) is 0.479. The second-order valence-electron chi connectivity index (χ2n) is 2.11. The number of aliphatic carboxylic acids is 1. The molecule has 0 bridgehead atoms. The number of carboxylic acid groups (broad SMARTS) is 1. The fourth-order valence-electron chi connectivity index (χ4n) is 0.606. The van der Waals surface area contributed by atoms with Crippen molar-refractivity contribution in [2.45, 2.75) is 13.0 Å². The summed E-state index contributed by atoms with van der Waals surface area (Å²) in [5, 5.41) is 10.7. The summed E-state index contributed by atoms with van der Waals surface area (Å²) < 4.78 is 0. The number of rotatable bonds is 2. The van der Waals surface area contributed by atoms with E-state index in [4.69, 9.17) is 5.11 Å². The zero-order valence-corrected chi connectivity index (χ0v) is 4.92. The number of amides is 1. The van der Waals surface area contributed by atoms with Gasteiger partial charge in [-0.25, -0.2) is 0 Å². The molecular weight excluding hydrogens is 122 g/mol. The van der Waals surface area contributed by atoms with Crippen LogP contribution in [0.5, 0.6) is 0 Å². The minimum Gasteiger partial charge on any atom is -0.481 e. The topological polar surface area (TPSA) is 76.3 Å². The summed E-state index contributed by atoms with van der Waals surface area (Å²) in [4.78, 5) is 20.4. The van der Waals surface area contributed by atoms with Gasteiger partial charge in [0.15, 0.2) is 0 Å². The molecule has 0 spiro atoms. The number of carboxylic acids is 1. The van der Waals surface area contributed by atoms with Gasteiger partial charge in [-0.15, -0.1) is 0 Å². The van der Waals surface area contributed by atoms with Gasteiger partial charge in [-0.05, 0) is 6.92 Å². The lowest BCUT2D eigenvalue weighted by Crippen LogP contribution is -2.17. The molecule has 1 aliphatic rings. The van der Waals surface area contributed by atoms with Crippen LogP contribution >= 0.6 is 0 Å². The molecule has 2 unspecified atom stereocenters. The minimum atomic E-state index is -0.932. The fraction of sp³-hybridized carbons (Fsp3) is 0.600. The van der Waals surface area contributed by atoms with Crippen LogP contribution in [-0.2, 0) is 9.59 Å². The van der Waals surface area contributed by atoms with E-state index < -0.39 is 17.9 Å². The van der Waals surface area contributed by atoms with E-state index in [0.29, 0.717) is 0 Å². The number of hydrogen-bond donors (Lipinski definition) is 2. The molecule has 1 fully saturated rings. The predicted octanol–water partition coefficient (Wildman–Crippen LogP) is -0.795. The number of carbonyl (C=O) groups is 2. The van der Waals surface area contributed by atoms with Crippen molar-refractivity contribution in [1.29, 1.82) is 0 Å². The molecule has 4 nitrogen and oxygen atoms in total. The molecular formula is C5H7NO3. The molecule has 1 saturated heterocycles. The Bertz CT molecular complexity index is 166. The van der Waals surface area contributed by atoms with E-state index in [9.17, 15) is 9.59 Å². The van der Waals surface area contributed by atoms with Crippen LogP contribution in [0.1, 0.15) is 6.92 Å². The van der Waals surface area contributed by atoms with E-state index in [1.54, 1.807) is 0 Å². The van der Waals surface area contributed by atoms with Crippen molar-refractivity contribution in [2.24, 2.45) is 5.92 Å². The molecule has 1 rings (SSSR count). The number of nitrogens with one attached hydrogen (secondary N) is 1. The fourth-order valence-corrected chi connectivity index (χ4v) is 0.606. The van der Waals surface area contributed by atoms with Gasteiger partial charge in [0.25, 0.3) is 0 Å². The van der Waals surface area contributed by atoms with Crippen molar-refractivity contribution in [3.8, 4) is 0 Å². The van der Waals surface area contributed by atoms with Gasteiger partial charge in [0.1, 0.15) is 6.04 Å². The van der Waals surface area contributed by atoms with Crippen LogP contribution in [0, 0.1) is 5.92 Å². The first-order chi connectivity index (χ1) is 4.13. The minimum absolute atomic E-state index is 0.162. The Balaban J connectivity index is 2.45. The van der Waals surface area contributed by atoms with Gasteiger partial charge in [-0.1, -0.05) is 0 Å². The van der Waals surface area contributed by atoms with Crippen molar-refractivity contribution in [2.75, 3.05) is 0 Å². The van der Waals surface area contributed by atoms with Crippen molar-refractivity contribution in [3.63, 3.8) is 0 Å². The Labute approximate surface area is 51.9 Å². The number of carbonyl (C=O) groups excluding carboxylic acids is 1. The number of hydrogen-bond acceptors (Lipinski definition) is 2. The second-order valence-corrected chi connectivity index (χ2v) is 2.11. The van der Waals surface area contributed by atoms with Gasteiger partial charge < -0.3 is 10.4 Å². The molecule has 0 aromatic heterocycles.